The van der Waals surface area contributed by atoms with Crippen molar-refractivity contribution in [1.82, 2.24) is 10.2 Å². The largest absolute Gasteiger partial charge is 0.480 e. The molecule has 6 heteroatoms. The lowest BCUT2D eigenvalue weighted by molar-refractivity contribution is -0.170. The van der Waals surface area contributed by atoms with Crippen molar-refractivity contribution >= 4 is 12.0 Å². The van der Waals surface area contributed by atoms with Crippen LogP contribution in [0.2, 0.25) is 0 Å². The normalized spacial score (nSPS) is 22.4. The minimum Gasteiger partial charge on any atom is -0.480 e. The summed E-state index contributed by atoms with van der Waals surface area (Å²) in [6, 6.07) is -1.23. The molecule has 116 valence electrons. The zero-order valence-corrected chi connectivity index (χ0v) is 13.2. The van der Waals surface area contributed by atoms with E-state index in [2.05, 4.69) is 5.32 Å². The van der Waals surface area contributed by atoms with Gasteiger partial charge in [-0.25, -0.2) is 9.59 Å². The summed E-state index contributed by atoms with van der Waals surface area (Å²) in [6.07, 6.45) is 0. The fraction of sp³-hybridized carbons (Fsp3) is 0.857. The number of morpholine rings is 1. The summed E-state index contributed by atoms with van der Waals surface area (Å²) in [7, 11) is 0. The Morgan fingerprint density at radius 1 is 1.15 bits per heavy atom. The summed E-state index contributed by atoms with van der Waals surface area (Å²) in [4.78, 5) is 25.1. The van der Waals surface area contributed by atoms with Crippen LogP contribution in [-0.2, 0) is 9.53 Å². The SMILES string of the molecule is CC(C)[C@H](NC(=O)N1CC(C)(C)OC(C)(C)C1)C(=O)O. The Morgan fingerprint density at radius 3 is 1.95 bits per heavy atom. The lowest BCUT2D eigenvalue weighted by atomic mass is 9.99. The Bertz CT molecular complexity index is 375. The molecule has 20 heavy (non-hydrogen) atoms. The number of rotatable bonds is 3. The Labute approximate surface area is 120 Å². The number of nitrogens with zero attached hydrogens (tertiary/aromatic N) is 1. The highest BCUT2D eigenvalue weighted by Crippen LogP contribution is 2.28. The van der Waals surface area contributed by atoms with E-state index in [1.54, 1.807) is 18.7 Å². The minimum absolute atomic E-state index is 0.168. The molecule has 1 saturated heterocycles. The lowest BCUT2D eigenvalue weighted by Crippen LogP contribution is -2.62. The quantitative estimate of drug-likeness (QED) is 0.827. The second-order valence-electron chi connectivity index (χ2n) is 6.99. The van der Waals surface area contributed by atoms with E-state index < -0.39 is 23.2 Å². The first-order chi connectivity index (χ1) is 8.93. The van der Waals surface area contributed by atoms with E-state index in [1.807, 2.05) is 27.7 Å². The van der Waals surface area contributed by atoms with Crippen molar-refractivity contribution < 1.29 is 19.4 Å². The van der Waals surface area contributed by atoms with Gasteiger partial charge < -0.3 is 20.1 Å². The third-order valence-corrected chi connectivity index (χ3v) is 3.19. The van der Waals surface area contributed by atoms with Gasteiger partial charge in [0.2, 0.25) is 0 Å². The molecule has 1 aliphatic rings. The van der Waals surface area contributed by atoms with Gasteiger partial charge >= 0.3 is 12.0 Å². The van der Waals surface area contributed by atoms with Crippen LogP contribution in [0.5, 0.6) is 0 Å². The molecule has 0 saturated carbocycles. The molecular weight excluding hydrogens is 260 g/mol. The molecule has 0 aliphatic carbocycles. The van der Waals surface area contributed by atoms with Crippen LogP contribution in [0.1, 0.15) is 41.5 Å². The van der Waals surface area contributed by atoms with Gasteiger partial charge in [0, 0.05) is 0 Å². The maximum absolute atomic E-state index is 12.3. The topological polar surface area (TPSA) is 78.9 Å². The summed E-state index contributed by atoms with van der Waals surface area (Å²) < 4.78 is 5.90. The molecule has 1 aliphatic heterocycles. The molecule has 1 fully saturated rings. The van der Waals surface area contributed by atoms with Gasteiger partial charge in [-0.15, -0.1) is 0 Å². The number of urea groups is 1. The third-order valence-electron chi connectivity index (χ3n) is 3.19. The maximum Gasteiger partial charge on any atom is 0.326 e. The first kappa shape index (κ1) is 16.8. The van der Waals surface area contributed by atoms with Crippen LogP contribution in [0.25, 0.3) is 0 Å². The number of ether oxygens (including phenoxy) is 1. The molecule has 1 rings (SSSR count). The van der Waals surface area contributed by atoms with Crippen LogP contribution in [0, 0.1) is 5.92 Å². The van der Waals surface area contributed by atoms with Crippen molar-refractivity contribution in [3.8, 4) is 0 Å². The summed E-state index contributed by atoms with van der Waals surface area (Å²) in [5.41, 5.74) is -0.898. The summed E-state index contributed by atoms with van der Waals surface area (Å²) >= 11 is 0. The predicted molar refractivity (Wildman–Crippen MR) is 75.6 cm³/mol. The van der Waals surface area contributed by atoms with Crippen molar-refractivity contribution in [2.24, 2.45) is 5.92 Å². The van der Waals surface area contributed by atoms with E-state index >= 15 is 0 Å². The number of amides is 2. The van der Waals surface area contributed by atoms with Crippen LogP contribution in [0.4, 0.5) is 4.79 Å². The van der Waals surface area contributed by atoms with Gasteiger partial charge in [-0.3, -0.25) is 0 Å². The van der Waals surface area contributed by atoms with Crippen molar-refractivity contribution in [2.75, 3.05) is 13.1 Å². The highest BCUT2D eigenvalue weighted by molar-refractivity contribution is 5.82. The molecule has 0 aromatic rings. The molecule has 0 aromatic heterocycles. The van der Waals surface area contributed by atoms with Crippen molar-refractivity contribution in [1.29, 1.82) is 0 Å². The second-order valence-corrected chi connectivity index (χ2v) is 6.99. The van der Waals surface area contributed by atoms with Gasteiger partial charge in [0.1, 0.15) is 6.04 Å². The minimum atomic E-state index is -1.01. The van der Waals surface area contributed by atoms with E-state index in [0.29, 0.717) is 13.1 Å². The number of carbonyl (C=O) groups is 2. The van der Waals surface area contributed by atoms with Gasteiger partial charge in [0.25, 0.3) is 0 Å². The molecule has 1 heterocycles. The lowest BCUT2D eigenvalue weighted by Gasteiger charge is -2.47. The van der Waals surface area contributed by atoms with Crippen molar-refractivity contribution in [2.45, 2.75) is 58.8 Å². The average Bonchev–Trinajstić information content (AvgIpc) is 2.19. The molecule has 0 spiro atoms. The number of carbonyl (C=O) groups excluding carboxylic acids is 1. The molecule has 1 atom stereocenters. The molecule has 0 aromatic carbocycles. The zero-order valence-electron chi connectivity index (χ0n) is 13.2. The summed E-state index contributed by atoms with van der Waals surface area (Å²) in [5.74, 6) is -1.18. The fourth-order valence-electron chi connectivity index (χ4n) is 2.67. The number of carboxylic acids is 1. The van der Waals surface area contributed by atoms with E-state index in [-0.39, 0.29) is 11.9 Å². The van der Waals surface area contributed by atoms with Gasteiger partial charge in [0.15, 0.2) is 0 Å². The van der Waals surface area contributed by atoms with Crippen molar-refractivity contribution in [3.05, 3.63) is 0 Å². The number of carboxylic acid groups (broad SMARTS) is 1. The van der Waals surface area contributed by atoms with Gasteiger partial charge in [-0.1, -0.05) is 13.8 Å². The average molecular weight is 286 g/mol. The van der Waals surface area contributed by atoms with E-state index in [1.165, 1.54) is 0 Å². The maximum atomic E-state index is 12.3. The Hall–Kier alpha value is -1.30. The van der Waals surface area contributed by atoms with Crippen molar-refractivity contribution in [3.63, 3.8) is 0 Å². The summed E-state index contributed by atoms with van der Waals surface area (Å²) in [5, 5.41) is 11.7. The highest BCUT2D eigenvalue weighted by atomic mass is 16.5. The third kappa shape index (κ3) is 4.37. The Balaban J connectivity index is 2.78. The zero-order chi connectivity index (χ0) is 15.7. The highest BCUT2D eigenvalue weighted by Gasteiger charge is 2.40. The van der Waals surface area contributed by atoms with Gasteiger partial charge in [0.05, 0.1) is 24.3 Å². The number of aliphatic carboxylic acids is 1. The number of hydrogen-bond acceptors (Lipinski definition) is 3. The molecule has 2 N–H and O–H groups in total. The molecule has 6 nitrogen and oxygen atoms in total. The van der Waals surface area contributed by atoms with Crippen LogP contribution < -0.4 is 5.32 Å². The fourth-order valence-corrected chi connectivity index (χ4v) is 2.67. The first-order valence-corrected chi connectivity index (χ1v) is 6.92. The Morgan fingerprint density at radius 2 is 1.60 bits per heavy atom. The number of nitrogens with one attached hydrogen (secondary N) is 1. The summed E-state index contributed by atoms with van der Waals surface area (Å²) in [6.45, 7) is 12.1. The van der Waals surface area contributed by atoms with Crippen LogP contribution >= 0.6 is 0 Å². The van der Waals surface area contributed by atoms with Gasteiger partial charge in [-0.05, 0) is 33.6 Å². The first-order valence-electron chi connectivity index (χ1n) is 6.92. The molecular formula is C14H26N2O4. The van der Waals surface area contributed by atoms with Crippen LogP contribution in [0.15, 0.2) is 0 Å². The molecule has 0 bridgehead atoms. The second kappa shape index (κ2) is 5.60. The predicted octanol–water partition coefficient (Wildman–Crippen LogP) is 1.69. The molecule has 0 unspecified atom stereocenters. The van der Waals surface area contributed by atoms with Crippen LogP contribution in [0.3, 0.4) is 0 Å². The molecule has 2 amide bonds. The molecule has 0 radical (unpaired) electrons. The van der Waals surface area contributed by atoms with Gasteiger partial charge in [-0.2, -0.15) is 0 Å². The van der Waals surface area contributed by atoms with E-state index in [4.69, 9.17) is 9.84 Å². The van der Waals surface area contributed by atoms with E-state index in [9.17, 15) is 9.59 Å². The standard InChI is InChI=1S/C14H26N2O4/c1-9(2)10(11(17)18)15-12(19)16-7-13(3,4)20-14(5,6)8-16/h9-10H,7-8H2,1-6H3,(H,15,19)(H,17,18)/t10-/m0/s1. The monoisotopic (exact) mass is 286 g/mol. The number of hydrogen-bond donors (Lipinski definition) is 2. The van der Waals surface area contributed by atoms with Crippen LogP contribution in [-0.4, -0.2) is 52.3 Å². The Kier molecular flexibility index (Phi) is 4.69. The smallest absolute Gasteiger partial charge is 0.326 e. The van der Waals surface area contributed by atoms with E-state index in [0.717, 1.165) is 0 Å².